The van der Waals surface area contributed by atoms with Crippen molar-refractivity contribution in [1.29, 1.82) is 0 Å². The molecule has 27 heavy (non-hydrogen) atoms. The number of thiophene rings is 1. The Morgan fingerprint density at radius 1 is 1.26 bits per heavy atom. The number of carbonyl (C=O) groups excluding carboxylic acids is 1. The lowest BCUT2D eigenvalue weighted by molar-refractivity contribution is -0.113. The molecule has 0 aliphatic rings. The second kappa shape index (κ2) is 7.79. The Morgan fingerprint density at radius 3 is 2.93 bits per heavy atom. The first-order valence-electron chi connectivity index (χ1n) is 8.02. The summed E-state index contributed by atoms with van der Waals surface area (Å²) in [5.41, 5.74) is 1.06. The first-order chi connectivity index (χ1) is 13.1. The van der Waals surface area contributed by atoms with Crippen molar-refractivity contribution < 1.29 is 4.79 Å². The van der Waals surface area contributed by atoms with Gasteiger partial charge in [0.05, 0.1) is 5.75 Å². The van der Waals surface area contributed by atoms with Gasteiger partial charge in [-0.3, -0.25) is 4.79 Å². The van der Waals surface area contributed by atoms with E-state index >= 15 is 0 Å². The molecular weight excluding hydrogens is 446 g/mol. The molecule has 0 unspecified atom stereocenters. The molecule has 1 aromatic carbocycles. The number of aromatic nitrogens is 4. The summed E-state index contributed by atoms with van der Waals surface area (Å²) in [5, 5.41) is 15.3. The van der Waals surface area contributed by atoms with Crippen molar-refractivity contribution in [1.82, 2.24) is 19.7 Å². The molecule has 9 heteroatoms. The molecular formula is C18H14BrN5OS2. The van der Waals surface area contributed by atoms with Crippen molar-refractivity contribution >= 4 is 60.8 Å². The highest BCUT2D eigenvalue weighted by Crippen LogP contribution is 2.33. The molecule has 0 spiro atoms. The van der Waals surface area contributed by atoms with Crippen LogP contribution >= 0.6 is 39.0 Å². The number of hydrogen-bond donors (Lipinski definition) is 1. The number of thioether (sulfide) groups is 1. The quantitative estimate of drug-likeness (QED) is 0.442. The highest BCUT2D eigenvalue weighted by Gasteiger charge is 2.16. The molecule has 0 saturated heterocycles. The van der Waals surface area contributed by atoms with Gasteiger partial charge < -0.3 is 9.88 Å². The average molecular weight is 460 g/mol. The lowest BCUT2D eigenvalue weighted by Gasteiger charge is -2.05. The lowest BCUT2D eigenvalue weighted by atomic mass is 10.2. The van der Waals surface area contributed by atoms with Gasteiger partial charge in [-0.1, -0.05) is 30.0 Å². The van der Waals surface area contributed by atoms with Crippen molar-refractivity contribution in [2.24, 2.45) is 7.05 Å². The van der Waals surface area contributed by atoms with Crippen LogP contribution in [0.4, 0.5) is 5.82 Å². The number of benzene rings is 1. The fraction of sp³-hybridized carbons (Fsp3) is 0.111. The Kier molecular flexibility index (Phi) is 5.24. The Bertz CT molecular complexity index is 1110. The van der Waals surface area contributed by atoms with Crippen LogP contribution in [0, 0.1) is 0 Å². The number of rotatable bonds is 5. The van der Waals surface area contributed by atoms with E-state index in [0.717, 1.165) is 21.2 Å². The third-order valence-corrected chi connectivity index (χ3v) is 6.34. The molecule has 3 aromatic heterocycles. The van der Waals surface area contributed by atoms with E-state index in [2.05, 4.69) is 53.9 Å². The highest BCUT2D eigenvalue weighted by atomic mass is 79.9. The van der Waals surface area contributed by atoms with E-state index in [0.29, 0.717) is 11.0 Å². The summed E-state index contributed by atoms with van der Waals surface area (Å²) in [6.45, 7) is 0. The fourth-order valence-corrected chi connectivity index (χ4v) is 4.47. The van der Waals surface area contributed by atoms with Crippen LogP contribution in [-0.2, 0) is 11.8 Å². The number of fused-ring (bicyclic) bond motifs is 1. The second-order valence-electron chi connectivity index (χ2n) is 5.71. The molecule has 6 nitrogen and oxygen atoms in total. The summed E-state index contributed by atoms with van der Waals surface area (Å²) in [6, 6.07) is 11.8. The first kappa shape index (κ1) is 18.1. The minimum atomic E-state index is -0.139. The minimum Gasteiger partial charge on any atom is -0.310 e. The summed E-state index contributed by atoms with van der Waals surface area (Å²) in [5.74, 6) is 1.41. The predicted molar refractivity (Wildman–Crippen MR) is 113 cm³/mol. The van der Waals surface area contributed by atoms with E-state index in [1.54, 1.807) is 23.6 Å². The zero-order valence-corrected chi connectivity index (χ0v) is 17.4. The van der Waals surface area contributed by atoms with Crippen LogP contribution in [0.5, 0.6) is 0 Å². The summed E-state index contributed by atoms with van der Waals surface area (Å²) in [7, 11) is 1.91. The normalized spacial score (nSPS) is 11.0. The van der Waals surface area contributed by atoms with Gasteiger partial charge in [-0.05, 0) is 34.1 Å². The van der Waals surface area contributed by atoms with Crippen LogP contribution in [0.25, 0.3) is 21.5 Å². The summed E-state index contributed by atoms with van der Waals surface area (Å²) < 4.78 is 4.00. The molecule has 0 saturated carbocycles. The number of nitrogens with zero attached hydrogens (tertiary/aromatic N) is 4. The number of hydrogen-bond acceptors (Lipinski definition) is 6. The van der Waals surface area contributed by atoms with E-state index in [1.807, 2.05) is 29.8 Å². The van der Waals surface area contributed by atoms with E-state index in [-0.39, 0.29) is 11.7 Å². The van der Waals surface area contributed by atoms with Crippen LogP contribution in [0.3, 0.4) is 0 Å². The van der Waals surface area contributed by atoms with Crippen molar-refractivity contribution in [3.8, 4) is 11.4 Å². The number of anilines is 1. The van der Waals surface area contributed by atoms with Crippen LogP contribution in [0.2, 0.25) is 0 Å². The van der Waals surface area contributed by atoms with Crippen LogP contribution < -0.4 is 5.32 Å². The van der Waals surface area contributed by atoms with Gasteiger partial charge >= 0.3 is 0 Å². The number of pyridine rings is 1. The Morgan fingerprint density at radius 2 is 2.11 bits per heavy atom. The van der Waals surface area contributed by atoms with Crippen molar-refractivity contribution in [3.63, 3.8) is 0 Å². The van der Waals surface area contributed by atoms with Crippen molar-refractivity contribution in [2.75, 3.05) is 11.1 Å². The molecule has 0 atom stereocenters. The van der Waals surface area contributed by atoms with E-state index in [1.165, 1.54) is 16.5 Å². The smallest absolute Gasteiger partial charge is 0.236 e. The maximum atomic E-state index is 12.2. The topological polar surface area (TPSA) is 72.7 Å². The monoisotopic (exact) mass is 459 g/mol. The number of nitrogens with one attached hydrogen (secondary N) is 1. The predicted octanol–water partition coefficient (Wildman–Crippen LogP) is 4.59. The maximum absolute atomic E-state index is 12.2. The largest absolute Gasteiger partial charge is 0.310 e. The molecule has 0 fully saturated rings. The minimum absolute atomic E-state index is 0.139. The van der Waals surface area contributed by atoms with Crippen molar-refractivity contribution in [3.05, 3.63) is 52.4 Å². The molecule has 4 aromatic rings. The number of carbonyl (C=O) groups is 1. The van der Waals surface area contributed by atoms with Gasteiger partial charge in [0.25, 0.3) is 0 Å². The zero-order chi connectivity index (χ0) is 18.8. The third kappa shape index (κ3) is 3.90. The summed E-state index contributed by atoms with van der Waals surface area (Å²) in [6.07, 6.45) is 1.64. The van der Waals surface area contributed by atoms with Gasteiger partial charge in [-0.25, -0.2) is 4.98 Å². The molecule has 4 rings (SSSR count). The molecule has 136 valence electrons. The zero-order valence-electron chi connectivity index (χ0n) is 14.2. The van der Waals surface area contributed by atoms with Crippen LogP contribution in [0.1, 0.15) is 0 Å². The molecule has 0 bridgehead atoms. The molecule has 0 radical (unpaired) electrons. The third-order valence-electron chi connectivity index (χ3n) is 3.88. The SMILES string of the molecule is Cn1c(SCC(=O)Nc2ccc(Br)cn2)nnc1-c1csc2ccccc12. The standard InChI is InChI=1S/C18H14BrN5OS2/c1-24-17(13-9-26-14-5-3-2-4-12(13)14)22-23-18(24)27-10-16(25)21-15-7-6-11(19)8-20-15/h2-9H,10H2,1H3,(H,20,21,25). The molecule has 0 aliphatic carbocycles. The second-order valence-corrected chi connectivity index (χ2v) is 8.48. The van der Waals surface area contributed by atoms with Gasteiger partial charge in [0, 0.05) is 38.7 Å². The maximum Gasteiger partial charge on any atom is 0.236 e. The molecule has 1 N–H and O–H groups in total. The molecule has 1 amide bonds. The molecule has 0 aliphatic heterocycles. The van der Waals surface area contributed by atoms with Crippen LogP contribution in [-0.4, -0.2) is 31.4 Å². The van der Waals surface area contributed by atoms with Gasteiger partial charge in [-0.2, -0.15) is 0 Å². The Balaban J connectivity index is 1.46. The van der Waals surface area contributed by atoms with E-state index < -0.39 is 0 Å². The van der Waals surface area contributed by atoms with Gasteiger partial charge in [-0.15, -0.1) is 21.5 Å². The van der Waals surface area contributed by atoms with E-state index in [4.69, 9.17) is 0 Å². The van der Waals surface area contributed by atoms with Gasteiger partial charge in [0.15, 0.2) is 11.0 Å². The van der Waals surface area contributed by atoms with Crippen molar-refractivity contribution in [2.45, 2.75) is 5.16 Å². The average Bonchev–Trinajstić information content (AvgIpc) is 3.25. The van der Waals surface area contributed by atoms with Crippen LogP contribution in [0.15, 0.2) is 57.6 Å². The molecule has 3 heterocycles. The Hall–Kier alpha value is -2.23. The first-order valence-corrected chi connectivity index (χ1v) is 10.7. The van der Waals surface area contributed by atoms with Gasteiger partial charge in [0.2, 0.25) is 5.91 Å². The lowest BCUT2D eigenvalue weighted by Crippen LogP contribution is -2.15. The number of halogens is 1. The fourth-order valence-electron chi connectivity index (χ4n) is 2.58. The van der Waals surface area contributed by atoms with Gasteiger partial charge in [0.1, 0.15) is 5.82 Å². The summed E-state index contributed by atoms with van der Waals surface area (Å²) in [4.78, 5) is 16.3. The number of amides is 1. The summed E-state index contributed by atoms with van der Waals surface area (Å²) >= 11 is 6.35. The Labute approximate surface area is 172 Å². The highest BCUT2D eigenvalue weighted by molar-refractivity contribution is 9.10. The van der Waals surface area contributed by atoms with E-state index in [9.17, 15) is 4.79 Å².